The van der Waals surface area contributed by atoms with Crippen molar-refractivity contribution in [1.29, 1.82) is 0 Å². The van der Waals surface area contributed by atoms with E-state index >= 15 is 0 Å². The van der Waals surface area contributed by atoms with E-state index < -0.39 is 0 Å². The number of nitrogens with two attached hydrogens (primary N) is 1. The Labute approximate surface area is 116 Å². The average Bonchev–Trinajstić information content (AvgIpc) is 2.34. The molecule has 0 aliphatic heterocycles. The quantitative estimate of drug-likeness (QED) is 0.511. The number of hydrogen-bond donors (Lipinski definition) is 1. The Morgan fingerprint density at radius 3 is 2.79 bits per heavy atom. The third kappa shape index (κ3) is 4.48. The Morgan fingerprint density at radius 1 is 1.21 bits per heavy atom. The lowest BCUT2D eigenvalue weighted by Crippen LogP contribution is -2.00. The molecule has 0 atom stereocenters. The molecule has 2 N–H and O–H groups in total. The average molecular weight is 277 g/mol. The van der Waals surface area contributed by atoms with Crippen molar-refractivity contribution in [2.45, 2.75) is 11.8 Å². The second-order valence-electron chi connectivity index (χ2n) is 4.23. The summed E-state index contributed by atoms with van der Waals surface area (Å²) in [7, 11) is 0. The molecule has 2 aromatic rings. The van der Waals surface area contributed by atoms with Crippen LogP contribution < -0.4 is 10.5 Å². The molecular formula is C15H16FNOS. The summed E-state index contributed by atoms with van der Waals surface area (Å²) in [5.74, 6) is 1.30. The van der Waals surface area contributed by atoms with Crippen LogP contribution in [0.1, 0.15) is 5.56 Å². The minimum absolute atomic E-state index is 0.304. The Morgan fingerprint density at radius 2 is 2.05 bits per heavy atom. The number of hydrogen-bond acceptors (Lipinski definition) is 3. The fourth-order valence-electron chi connectivity index (χ4n) is 1.69. The summed E-state index contributed by atoms with van der Waals surface area (Å²) in [6.07, 6.45) is 0. The number of rotatable bonds is 5. The van der Waals surface area contributed by atoms with Crippen LogP contribution in [0.5, 0.6) is 5.75 Å². The third-order valence-electron chi connectivity index (χ3n) is 2.50. The smallest absolute Gasteiger partial charge is 0.126 e. The summed E-state index contributed by atoms with van der Waals surface area (Å²) >= 11 is 1.53. The van der Waals surface area contributed by atoms with Crippen molar-refractivity contribution in [2.24, 2.45) is 0 Å². The molecule has 0 radical (unpaired) electrons. The van der Waals surface area contributed by atoms with Crippen molar-refractivity contribution in [3.8, 4) is 5.75 Å². The van der Waals surface area contributed by atoms with Gasteiger partial charge in [-0.2, -0.15) is 0 Å². The zero-order chi connectivity index (χ0) is 13.7. The van der Waals surface area contributed by atoms with Gasteiger partial charge in [0.2, 0.25) is 0 Å². The van der Waals surface area contributed by atoms with E-state index in [2.05, 4.69) is 0 Å². The Hall–Kier alpha value is -1.68. The third-order valence-corrected chi connectivity index (χ3v) is 3.44. The van der Waals surface area contributed by atoms with Crippen molar-refractivity contribution < 1.29 is 9.13 Å². The van der Waals surface area contributed by atoms with Crippen LogP contribution in [0, 0.1) is 12.7 Å². The molecule has 0 aliphatic carbocycles. The molecule has 0 bridgehead atoms. The fraction of sp³-hybridized carbons (Fsp3) is 0.200. The van der Waals surface area contributed by atoms with Crippen molar-refractivity contribution in [3.05, 3.63) is 53.8 Å². The molecule has 100 valence electrons. The lowest BCUT2D eigenvalue weighted by molar-refractivity contribution is 0.343. The molecule has 2 rings (SSSR count). The lowest BCUT2D eigenvalue weighted by atomic mass is 10.2. The van der Waals surface area contributed by atoms with Crippen molar-refractivity contribution in [1.82, 2.24) is 0 Å². The molecule has 0 aromatic heterocycles. The van der Waals surface area contributed by atoms with Gasteiger partial charge < -0.3 is 10.5 Å². The Kier molecular flexibility index (Phi) is 4.68. The predicted octanol–water partition coefficient (Wildman–Crippen LogP) is 3.89. The summed E-state index contributed by atoms with van der Waals surface area (Å²) in [6, 6.07) is 12.5. The fourth-order valence-corrected chi connectivity index (χ4v) is 2.51. The summed E-state index contributed by atoms with van der Waals surface area (Å²) in [5, 5.41) is 0. The molecule has 0 saturated carbocycles. The maximum absolute atomic E-state index is 13.1. The van der Waals surface area contributed by atoms with Gasteiger partial charge in [0.25, 0.3) is 0 Å². The van der Waals surface area contributed by atoms with E-state index in [-0.39, 0.29) is 5.82 Å². The predicted molar refractivity (Wildman–Crippen MR) is 78.2 cm³/mol. The minimum Gasteiger partial charge on any atom is -0.493 e. The van der Waals surface area contributed by atoms with E-state index in [0.29, 0.717) is 12.3 Å². The highest BCUT2D eigenvalue weighted by atomic mass is 32.2. The standard InChI is InChI=1S/C15H16FNOS/c1-11-3-2-4-14(7-11)18-5-6-19-15-9-12(16)8-13(17)10-15/h2-4,7-10H,5-6,17H2,1H3. The number of halogens is 1. The molecule has 0 amide bonds. The molecule has 0 aliphatic rings. The van der Waals surface area contributed by atoms with Gasteiger partial charge in [0.15, 0.2) is 0 Å². The highest BCUT2D eigenvalue weighted by Gasteiger charge is 2.00. The number of nitrogen functional groups attached to an aromatic ring is 1. The van der Waals surface area contributed by atoms with Gasteiger partial charge in [-0.1, -0.05) is 12.1 Å². The lowest BCUT2D eigenvalue weighted by Gasteiger charge is -2.07. The van der Waals surface area contributed by atoms with Gasteiger partial charge in [-0.05, 0) is 42.8 Å². The molecule has 2 aromatic carbocycles. The number of anilines is 1. The zero-order valence-corrected chi connectivity index (χ0v) is 11.5. The first-order valence-electron chi connectivity index (χ1n) is 6.02. The topological polar surface area (TPSA) is 35.2 Å². The Balaban J connectivity index is 1.80. The number of aryl methyl sites for hydroxylation is 1. The maximum Gasteiger partial charge on any atom is 0.126 e. The van der Waals surface area contributed by atoms with Crippen LogP contribution in [0.25, 0.3) is 0 Å². The summed E-state index contributed by atoms with van der Waals surface area (Å²) < 4.78 is 18.7. The van der Waals surface area contributed by atoms with Crippen LogP contribution in [0.15, 0.2) is 47.4 Å². The minimum atomic E-state index is -0.304. The summed E-state index contributed by atoms with van der Waals surface area (Å²) in [5.41, 5.74) is 7.20. The first kappa shape index (κ1) is 13.7. The van der Waals surface area contributed by atoms with Gasteiger partial charge in [-0.15, -0.1) is 11.8 Å². The normalized spacial score (nSPS) is 10.4. The van der Waals surface area contributed by atoms with Crippen LogP contribution in [0.2, 0.25) is 0 Å². The van der Waals surface area contributed by atoms with E-state index in [4.69, 9.17) is 10.5 Å². The number of thioether (sulfide) groups is 1. The molecule has 2 nitrogen and oxygen atoms in total. The Bertz CT molecular complexity index is 539. The van der Waals surface area contributed by atoms with Crippen molar-refractivity contribution in [2.75, 3.05) is 18.1 Å². The number of benzene rings is 2. The van der Waals surface area contributed by atoms with E-state index in [1.165, 1.54) is 29.5 Å². The van der Waals surface area contributed by atoms with Gasteiger partial charge in [0, 0.05) is 16.3 Å². The van der Waals surface area contributed by atoms with Crippen LogP contribution in [0.4, 0.5) is 10.1 Å². The van der Waals surface area contributed by atoms with E-state index in [9.17, 15) is 4.39 Å². The molecule has 0 spiro atoms. The first-order valence-corrected chi connectivity index (χ1v) is 7.00. The van der Waals surface area contributed by atoms with E-state index in [0.717, 1.165) is 16.4 Å². The van der Waals surface area contributed by atoms with Gasteiger partial charge >= 0.3 is 0 Å². The second kappa shape index (κ2) is 6.48. The zero-order valence-electron chi connectivity index (χ0n) is 10.7. The second-order valence-corrected chi connectivity index (χ2v) is 5.40. The molecule has 0 unspecified atom stereocenters. The van der Waals surface area contributed by atoms with Crippen LogP contribution in [-0.2, 0) is 0 Å². The molecule has 0 heterocycles. The van der Waals surface area contributed by atoms with Gasteiger partial charge in [0.1, 0.15) is 11.6 Å². The highest BCUT2D eigenvalue weighted by Crippen LogP contribution is 2.22. The van der Waals surface area contributed by atoms with Crippen molar-refractivity contribution in [3.63, 3.8) is 0 Å². The summed E-state index contributed by atoms with van der Waals surface area (Å²) in [4.78, 5) is 0.824. The van der Waals surface area contributed by atoms with E-state index in [1.807, 2.05) is 31.2 Å². The van der Waals surface area contributed by atoms with Gasteiger partial charge in [-0.25, -0.2) is 4.39 Å². The molecule has 4 heteroatoms. The molecular weight excluding hydrogens is 261 g/mol. The van der Waals surface area contributed by atoms with Crippen LogP contribution in [0.3, 0.4) is 0 Å². The van der Waals surface area contributed by atoms with E-state index in [1.54, 1.807) is 6.07 Å². The molecule has 19 heavy (non-hydrogen) atoms. The van der Waals surface area contributed by atoms with Crippen molar-refractivity contribution >= 4 is 17.4 Å². The van der Waals surface area contributed by atoms with Crippen LogP contribution in [-0.4, -0.2) is 12.4 Å². The monoisotopic (exact) mass is 277 g/mol. The largest absolute Gasteiger partial charge is 0.493 e. The molecule has 0 saturated heterocycles. The number of ether oxygens (including phenoxy) is 1. The molecule has 0 fully saturated rings. The highest BCUT2D eigenvalue weighted by molar-refractivity contribution is 7.99. The van der Waals surface area contributed by atoms with Gasteiger partial charge in [-0.3, -0.25) is 0 Å². The van der Waals surface area contributed by atoms with Gasteiger partial charge in [0.05, 0.1) is 6.61 Å². The van der Waals surface area contributed by atoms with Crippen LogP contribution >= 0.6 is 11.8 Å². The SMILES string of the molecule is Cc1cccc(OCCSc2cc(N)cc(F)c2)c1. The first-order chi connectivity index (χ1) is 9.13. The summed E-state index contributed by atoms with van der Waals surface area (Å²) in [6.45, 7) is 2.60. The maximum atomic E-state index is 13.1.